The summed E-state index contributed by atoms with van der Waals surface area (Å²) in [4.78, 5) is 4.88. The first-order chi connectivity index (χ1) is 9.49. The number of aromatic nitrogens is 1. The summed E-state index contributed by atoms with van der Waals surface area (Å²) < 4.78 is 5.77. The highest BCUT2D eigenvalue weighted by molar-refractivity contribution is 7.80. The number of nitrogens with two attached hydrogens (primary N) is 1. The third kappa shape index (κ3) is 3.67. The Morgan fingerprint density at radius 3 is 2.90 bits per heavy atom. The number of fused-ring (bicyclic) bond motifs is 1. The van der Waals surface area contributed by atoms with Crippen molar-refractivity contribution in [3.63, 3.8) is 0 Å². The van der Waals surface area contributed by atoms with Crippen LogP contribution < -0.4 is 10.5 Å². The van der Waals surface area contributed by atoms with Gasteiger partial charge in [-0.15, -0.1) is 0 Å². The SMILES string of the molecule is CC(C)(CCCOc1ccc2cccnc2c1)C(N)=S. The van der Waals surface area contributed by atoms with E-state index in [4.69, 9.17) is 22.7 Å². The van der Waals surface area contributed by atoms with Gasteiger partial charge in [0.05, 0.1) is 17.1 Å². The summed E-state index contributed by atoms with van der Waals surface area (Å²) in [6.45, 7) is 4.79. The zero-order valence-corrected chi connectivity index (χ0v) is 12.7. The quantitative estimate of drug-likeness (QED) is 0.650. The summed E-state index contributed by atoms with van der Waals surface area (Å²) in [5.74, 6) is 0.851. The fourth-order valence-corrected chi connectivity index (χ4v) is 2.07. The maximum absolute atomic E-state index is 5.77. The van der Waals surface area contributed by atoms with E-state index >= 15 is 0 Å². The van der Waals surface area contributed by atoms with E-state index in [0.29, 0.717) is 11.6 Å². The normalized spacial score (nSPS) is 11.5. The molecule has 0 fully saturated rings. The molecule has 0 saturated carbocycles. The van der Waals surface area contributed by atoms with Gasteiger partial charge in [0, 0.05) is 23.1 Å². The zero-order chi connectivity index (χ0) is 14.6. The van der Waals surface area contributed by atoms with Crippen molar-refractivity contribution in [2.75, 3.05) is 6.61 Å². The predicted molar refractivity (Wildman–Crippen MR) is 87.0 cm³/mol. The molecule has 20 heavy (non-hydrogen) atoms. The summed E-state index contributed by atoms with van der Waals surface area (Å²) in [7, 11) is 0. The van der Waals surface area contributed by atoms with E-state index < -0.39 is 0 Å². The van der Waals surface area contributed by atoms with Gasteiger partial charge < -0.3 is 10.5 Å². The van der Waals surface area contributed by atoms with Crippen LogP contribution in [-0.4, -0.2) is 16.6 Å². The molecule has 0 atom stereocenters. The minimum absolute atomic E-state index is 0.108. The summed E-state index contributed by atoms with van der Waals surface area (Å²) in [6, 6.07) is 9.94. The van der Waals surface area contributed by atoms with Gasteiger partial charge in [0.2, 0.25) is 0 Å². The van der Waals surface area contributed by atoms with Crippen LogP contribution >= 0.6 is 12.2 Å². The second-order valence-corrected chi connectivity index (χ2v) is 6.00. The third-order valence-corrected chi connectivity index (χ3v) is 4.01. The van der Waals surface area contributed by atoms with Crippen molar-refractivity contribution in [2.45, 2.75) is 26.7 Å². The minimum Gasteiger partial charge on any atom is -0.494 e. The Labute approximate surface area is 125 Å². The molecule has 0 aliphatic carbocycles. The zero-order valence-electron chi connectivity index (χ0n) is 11.9. The van der Waals surface area contributed by atoms with Gasteiger partial charge in [-0.25, -0.2) is 0 Å². The van der Waals surface area contributed by atoms with Crippen molar-refractivity contribution in [2.24, 2.45) is 11.1 Å². The Bertz CT molecular complexity index is 610. The molecule has 2 aromatic rings. The molecule has 2 N–H and O–H groups in total. The van der Waals surface area contributed by atoms with E-state index in [1.807, 2.05) is 30.3 Å². The average molecular weight is 288 g/mol. The fourth-order valence-electron chi connectivity index (χ4n) is 1.96. The van der Waals surface area contributed by atoms with Crippen LogP contribution in [0.3, 0.4) is 0 Å². The number of rotatable bonds is 6. The number of hydrogen-bond donors (Lipinski definition) is 1. The predicted octanol–water partition coefficient (Wildman–Crippen LogP) is 3.71. The van der Waals surface area contributed by atoms with Crippen LogP contribution in [0.5, 0.6) is 5.75 Å². The maximum Gasteiger partial charge on any atom is 0.121 e. The Balaban J connectivity index is 1.88. The van der Waals surface area contributed by atoms with Crippen molar-refractivity contribution in [1.82, 2.24) is 4.98 Å². The van der Waals surface area contributed by atoms with Crippen molar-refractivity contribution in [3.8, 4) is 5.75 Å². The van der Waals surface area contributed by atoms with Crippen LogP contribution in [0, 0.1) is 5.41 Å². The fraction of sp³-hybridized carbons (Fsp3) is 0.375. The van der Waals surface area contributed by atoms with Gasteiger partial charge in [0.1, 0.15) is 5.75 Å². The lowest BCUT2D eigenvalue weighted by atomic mass is 9.88. The maximum atomic E-state index is 5.77. The number of pyridine rings is 1. The minimum atomic E-state index is -0.108. The van der Waals surface area contributed by atoms with Crippen molar-refractivity contribution >= 4 is 28.1 Å². The number of thiocarbonyl (C=S) groups is 1. The molecule has 1 aromatic heterocycles. The molecular formula is C16H20N2OS. The van der Waals surface area contributed by atoms with Gasteiger partial charge in [-0.05, 0) is 31.0 Å². The first-order valence-corrected chi connectivity index (χ1v) is 7.17. The molecule has 0 unspecified atom stereocenters. The first kappa shape index (κ1) is 14.7. The van der Waals surface area contributed by atoms with Crippen LogP contribution in [0.4, 0.5) is 0 Å². The standard InChI is InChI=1S/C16H20N2OS/c1-16(2,15(17)20)8-4-10-19-13-7-6-12-5-3-9-18-14(12)11-13/h3,5-7,9,11H,4,8,10H2,1-2H3,(H2,17,20). The van der Waals surface area contributed by atoms with Crippen LogP contribution in [-0.2, 0) is 0 Å². The lowest BCUT2D eigenvalue weighted by Gasteiger charge is -2.22. The lowest BCUT2D eigenvalue weighted by Crippen LogP contribution is -2.30. The first-order valence-electron chi connectivity index (χ1n) is 6.76. The lowest BCUT2D eigenvalue weighted by molar-refractivity contribution is 0.288. The molecule has 0 aliphatic heterocycles. The van der Waals surface area contributed by atoms with Gasteiger partial charge in [-0.2, -0.15) is 0 Å². The summed E-state index contributed by atoms with van der Waals surface area (Å²) in [6.07, 6.45) is 3.63. The van der Waals surface area contributed by atoms with Crippen molar-refractivity contribution in [3.05, 3.63) is 36.5 Å². The summed E-state index contributed by atoms with van der Waals surface area (Å²) in [5.41, 5.74) is 6.55. The largest absolute Gasteiger partial charge is 0.494 e. The monoisotopic (exact) mass is 288 g/mol. The summed E-state index contributed by atoms with van der Waals surface area (Å²) >= 11 is 5.06. The molecule has 0 saturated heterocycles. The molecular weight excluding hydrogens is 268 g/mol. The van der Waals surface area contributed by atoms with Crippen LogP contribution in [0.1, 0.15) is 26.7 Å². The second-order valence-electron chi connectivity index (χ2n) is 5.56. The number of ether oxygens (including phenoxy) is 1. The molecule has 2 rings (SSSR count). The van der Waals surface area contributed by atoms with E-state index in [-0.39, 0.29) is 5.41 Å². The highest BCUT2D eigenvalue weighted by atomic mass is 32.1. The average Bonchev–Trinajstić information content (AvgIpc) is 2.43. The molecule has 1 heterocycles. The van der Waals surface area contributed by atoms with Crippen molar-refractivity contribution < 1.29 is 4.74 Å². The van der Waals surface area contributed by atoms with E-state index in [2.05, 4.69) is 18.8 Å². The molecule has 0 spiro atoms. The Morgan fingerprint density at radius 1 is 1.35 bits per heavy atom. The Hall–Kier alpha value is -1.68. The smallest absolute Gasteiger partial charge is 0.121 e. The van der Waals surface area contributed by atoms with Gasteiger partial charge in [0.15, 0.2) is 0 Å². The van der Waals surface area contributed by atoms with E-state index in [1.54, 1.807) is 6.20 Å². The number of nitrogens with zero attached hydrogens (tertiary/aromatic N) is 1. The third-order valence-electron chi connectivity index (χ3n) is 3.46. The highest BCUT2D eigenvalue weighted by Crippen LogP contribution is 2.23. The molecule has 0 aliphatic rings. The van der Waals surface area contributed by atoms with Crippen LogP contribution in [0.15, 0.2) is 36.5 Å². The van der Waals surface area contributed by atoms with Crippen molar-refractivity contribution in [1.29, 1.82) is 0 Å². The Morgan fingerprint density at radius 2 is 2.15 bits per heavy atom. The van der Waals surface area contributed by atoms with Gasteiger partial charge in [-0.1, -0.05) is 32.1 Å². The number of hydrogen-bond acceptors (Lipinski definition) is 3. The molecule has 1 aromatic carbocycles. The molecule has 0 amide bonds. The van der Waals surface area contributed by atoms with Crippen LogP contribution in [0.25, 0.3) is 10.9 Å². The summed E-state index contributed by atoms with van der Waals surface area (Å²) in [5, 5.41) is 1.12. The topological polar surface area (TPSA) is 48.1 Å². The van der Waals surface area contributed by atoms with E-state index in [1.165, 1.54) is 0 Å². The highest BCUT2D eigenvalue weighted by Gasteiger charge is 2.20. The molecule has 0 radical (unpaired) electrons. The Kier molecular flexibility index (Phi) is 4.55. The van der Waals surface area contributed by atoms with E-state index in [0.717, 1.165) is 29.5 Å². The molecule has 3 nitrogen and oxygen atoms in total. The molecule has 106 valence electrons. The molecule has 0 bridgehead atoms. The second kappa shape index (κ2) is 6.18. The van der Waals surface area contributed by atoms with Gasteiger partial charge in [-0.3, -0.25) is 4.98 Å². The van der Waals surface area contributed by atoms with Crippen LogP contribution in [0.2, 0.25) is 0 Å². The number of benzene rings is 1. The van der Waals surface area contributed by atoms with Gasteiger partial charge in [0.25, 0.3) is 0 Å². The van der Waals surface area contributed by atoms with E-state index in [9.17, 15) is 0 Å². The van der Waals surface area contributed by atoms with Gasteiger partial charge >= 0.3 is 0 Å². The molecule has 4 heteroatoms.